The summed E-state index contributed by atoms with van der Waals surface area (Å²) in [6, 6.07) is 0. The maximum absolute atomic E-state index is 9.93. The fraction of sp³-hybridized carbons (Fsp3) is 1.00. The molecule has 1 fully saturated rings. The predicted molar refractivity (Wildman–Crippen MR) is 57.3 cm³/mol. The summed E-state index contributed by atoms with van der Waals surface area (Å²) in [7, 11) is 0. The molecule has 0 spiro atoms. The third-order valence-corrected chi connectivity index (χ3v) is 2.59. The Labute approximate surface area is 86.8 Å². The molecule has 1 heterocycles. The highest BCUT2D eigenvalue weighted by molar-refractivity contribution is 4.84. The van der Waals surface area contributed by atoms with E-state index in [-0.39, 0.29) is 0 Å². The highest BCUT2D eigenvalue weighted by atomic mass is 16.5. The van der Waals surface area contributed by atoms with Crippen LogP contribution in [0.5, 0.6) is 0 Å². The van der Waals surface area contributed by atoms with Gasteiger partial charge in [0, 0.05) is 19.6 Å². The highest BCUT2D eigenvalue weighted by Crippen LogP contribution is 2.19. The SMILES string of the molecule is CC(C)(C)CCNC[C@]1(O)CCOC1. The average Bonchev–Trinajstić information content (AvgIpc) is 2.45. The number of ether oxygens (including phenoxy) is 1. The minimum Gasteiger partial charge on any atom is -0.386 e. The first-order valence-electron chi connectivity index (χ1n) is 5.42. The Kier molecular flexibility index (Phi) is 3.93. The largest absolute Gasteiger partial charge is 0.386 e. The van der Waals surface area contributed by atoms with E-state index in [0.29, 0.717) is 25.2 Å². The van der Waals surface area contributed by atoms with Crippen LogP contribution in [0.4, 0.5) is 0 Å². The lowest BCUT2D eigenvalue weighted by molar-refractivity contribution is 0.0267. The van der Waals surface area contributed by atoms with Gasteiger partial charge < -0.3 is 15.2 Å². The average molecular weight is 201 g/mol. The Hall–Kier alpha value is -0.120. The molecule has 1 rings (SSSR count). The minimum absolute atomic E-state index is 0.363. The molecule has 3 heteroatoms. The summed E-state index contributed by atoms with van der Waals surface area (Å²) in [6.45, 7) is 9.47. The first kappa shape index (κ1) is 12.0. The lowest BCUT2D eigenvalue weighted by Crippen LogP contribution is -2.41. The molecule has 0 aliphatic carbocycles. The summed E-state index contributed by atoms with van der Waals surface area (Å²) in [6.07, 6.45) is 1.89. The molecule has 0 radical (unpaired) electrons. The molecule has 0 unspecified atom stereocenters. The molecular formula is C11H23NO2. The number of rotatable bonds is 4. The molecule has 1 saturated heterocycles. The standard InChI is InChI=1S/C11H23NO2/c1-10(2,3)4-6-12-8-11(13)5-7-14-9-11/h12-13H,4-9H2,1-3H3/t11-/m1/s1. The van der Waals surface area contributed by atoms with Crippen LogP contribution in [0.2, 0.25) is 0 Å². The van der Waals surface area contributed by atoms with Crippen LogP contribution in [0.25, 0.3) is 0 Å². The van der Waals surface area contributed by atoms with E-state index >= 15 is 0 Å². The molecule has 0 aromatic carbocycles. The van der Waals surface area contributed by atoms with E-state index in [1.165, 1.54) is 0 Å². The van der Waals surface area contributed by atoms with Crippen LogP contribution in [0, 0.1) is 5.41 Å². The lowest BCUT2D eigenvalue weighted by atomic mass is 9.92. The Balaban J connectivity index is 2.09. The first-order chi connectivity index (χ1) is 6.41. The summed E-state index contributed by atoms with van der Waals surface area (Å²) in [4.78, 5) is 0. The fourth-order valence-electron chi connectivity index (χ4n) is 1.52. The number of nitrogens with one attached hydrogen (secondary N) is 1. The van der Waals surface area contributed by atoms with Gasteiger partial charge in [0.1, 0.15) is 5.60 Å². The molecular weight excluding hydrogens is 178 g/mol. The molecule has 2 N–H and O–H groups in total. The van der Waals surface area contributed by atoms with Gasteiger partial charge in [0.05, 0.1) is 6.61 Å². The molecule has 0 saturated carbocycles. The van der Waals surface area contributed by atoms with Gasteiger partial charge in [-0.05, 0) is 18.4 Å². The second kappa shape index (κ2) is 4.60. The van der Waals surface area contributed by atoms with E-state index in [9.17, 15) is 5.11 Å². The van der Waals surface area contributed by atoms with Crippen molar-refractivity contribution < 1.29 is 9.84 Å². The molecule has 0 bridgehead atoms. The second-order valence-electron chi connectivity index (χ2n) is 5.51. The van der Waals surface area contributed by atoms with Crippen LogP contribution in [-0.4, -0.2) is 37.0 Å². The zero-order valence-corrected chi connectivity index (χ0v) is 9.60. The molecule has 1 aliphatic rings. The zero-order chi connectivity index (χ0) is 10.7. The van der Waals surface area contributed by atoms with Gasteiger partial charge in [-0.3, -0.25) is 0 Å². The van der Waals surface area contributed by atoms with Gasteiger partial charge in [0.2, 0.25) is 0 Å². The van der Waals surface area contributed by atoms with Gasteiger partial charge in [-0.25, -0.2) is 0 Å². The van der Waals surface area contributed by atoms with E-state index in [4.69, 9.17) is 4.74 Å². The lowest BCUT2D eigenvalue weighted by Gasteiger charge is -2.23. The van der Waals surface area contributed by atoms with Crippen molar-refractivity contribution in [1.82, 2.24) is 5.32 Å². The van der Waals surface area contributed by atoms with E-state index in [2.05, 4.69) is 26.1 Å². The van der Waals surface area contributed by atoms with Crippen molar-refractivity contribution in [3.05, 3.63) is 0 Å². The summed E-state index contributed by atoms with van der Waals surface area (Å²) >= 11 is 0. The number of aliphatic hydroxyl groups is 1. The van der Waals surface area contributed by atoms with Crippen molar-refractivity contribution in [3.63, 3.8) is 0 Å². The van der Waals surface area contributed by atoms with Crippen molar-refractivity contribution >= 4 is 0 Å². The van der Waals surface area contributed by atoms with Gasteiger partial charge in [-0.15, -0.1) is 0 Å². The first-order valence-corrected chi connectivity index (χ1v) is 5.42. The van der Waals surface area contributed by atoms with Crippen molar-refractivity contribution in [2.75, 3.05) is 26.3 Å². The predicted octanol–water partition coefficient (Wildman–Crippen LogP) is 1.16. The third-order valence-electron chi connectivity index (χ3n) is 2.59. The Morgan fingerprint density at radius 1 is 1.43 bits per heavy atom. The smallest absolute Gasteiger partial charge is 0.102 e. The Morgan fingerprint density at radius 2 is 2.14 bits per heavy atom. The minimum atomic E-state index is -0.613. The molecule has 1 aliphatic heterocycles. The number of hydrogen-bond donors (Lipinski definition) is 2. The van der Waals surface area contributed by atoms with Crippen LogP contribution in [-0.2, 0) is 4.74 Å². The molecule has 3 nitrogen and oxygen atoms in total. The summed E-state index contributed by atoms with van der Waals surface area (Å²) in [5.41, 5.74) is -0.250. The molecule has 0 amide bonds. The Morgan fingerprint density at radius 3 is 2.64 bits per heavy atom. The van der Waals surface area contributed by atoms with Gasteiger partial charge in [-0.1, -0.05) is 20.8 Å². The molecule has 1 atom stereocenters. The topological polar surface area (TPSA) is 41.5 Å². The summed E-state index contributed by atoms with van der Waals surface area (Å²) in [5.74, 6) is 0. The van der Waals surface area contributed by atoms with Crippen molar-refractivity contribution in [2.24, 2.45) is 5.41 Å². The van der Waals surface area contributed by atoms with Crippen LogP contribution in [0.1, 0.15) is 33.6 Å². The normalized spacial score (nSPS) is 28.3. The third kappa shape index (κ3) is 4.40. The van der Waals surface area contributed by atoms with Crippen LogP contribution >= 0.6 is 0 Å². The fourth-order valence-corrected chi connectivity index (χ4v) is 1.52. The highest BCUT2D eigenvalue weighted by Gasteiger charge is 2.31. The van der Waals surface area contributed by atoms with Crippen molar-refractivity contribution in [2.45, 2.75) is 39.2 Å². The second-order valence-corrected chi connectivity index (χ2v) is 5.51. The van der Waals surface area contributed by atoms with Crippen LogP contribution < -0.4 is 5.32 Å². The monoisotopic (exact) mass is 201 g/mol. The molecule has 0 aromatic rings. The van der Waals surface area contributed by atoms with Crippen LogP contribution in [0.3, 0.4) is 0 Å². The maximum Gasteiger partial charge on any atom is 0.102 e. The Bertz CT molecular complexity index is 169. The van der Waals surface area contributed by atoms with Crippen molar-refractivity contribution in [3.8, 4) is 0 Å². The van der Waals surface area contributed by atoms with E-state index in [1.807, 2.05) is 0 Å². The molecule has 14 heavy (non-hydrogen) atoms. The van der Waals surface area contributed by atoms with E-state index in [0.717, 1.165) is 19.4 Å². The molecule has 84 valence electrons. The van der Waals surface area contributed by atoms with E-state index in [1.54, 1.807) is 0 Å². The van der Waals surface area contributed by atoms with Crippen LogP contribution in [0.15, 0.2) is 0 Å². The van der Waals surface area contributed by atoms with Crippen molar-refractivity contribution in [1.29, 1.82) is 0 Å². The maximum atomic E-state index is 9.93. The molecule has 0 aromatic heterocycles. The summed E-state index contributed by atoms with van der Waals surface area (Å²) in [5, 5.41) is 13.2. The quantitative estimate of drug-likeness (QED) is 0.671. The summed E-state index contributed by atoms with van der Waals surface area (Å²) < 4.78 is 5.17. The van der Waals surface area contributed by atoms with Gasteiger partial charge in [0.25, 0.3) is 0 Å². The number of hydrogen-bond acceptors (Lipinski definition) is 3. The van der Waals surface area contributed by atoms with Gasteiger partial charge in [0.15, 0.2) is 0 Å². The van der Waals surface area contributed by atoms with Gasteiger partial charge in [-0.2, -0.15) is 0 Å². The zero-order valence-electron chi connectivity index (χ0n) is 9.60. The van der Waals surface area contributed by atoms with E-state index < -0.39 is 5.60 Å². The van der Waals surface area contributed by atoms with Gasteiger partial charge >= 0.3 is 0 Å².